The number of amides is 2. The van der Waals surface area contributed by atoms with Gasteiger partial charge in [-0.05, 0) is 49.3 Å². The molecule has 2 aromatic carbocycles. The molecule has 1 aliphatic rings. The average molecular weight is 455 g/mol. The Hall–Kier alpha value is -2.33. The first-order valence-electron chi connectivity index (χ1n) is 12.0. The number of hydrogen-bond acceptors (Lipinski definition) is 2. The molecule has 1 atom stereocenters. The van der Waals surface area contributed by atoms with E-state index in [1.54, 1.807) is 4.90 Å². The van der Waals surface area contributed by atoms with Gasteiger partial charge < -0.3 is 10.2 Å². The highest BCUT2D eigenvalue weighted by Gasteiger charge is 2.29. The van der Waals surface area contributed by atoms with Gasteiger partial charge in [-0.15, -0.1) is 0 Å². The number of nitrogens with zero attached hydrogens (tertiary/aromatic N) is 1. The van der Waals surface area contributed by atoms with E-state index in [0.29, 0.717) is 30.8 Å². The molecule has 2 amide bonds. The predicted octanol–water partition coefficient (Wildman–Crippen LogP) is 5.57. The van der Waals surface area contributed by atoms with Crippen molar-refractivity contribution in [2.45, 2.75) is 76.8 Å². The molecule has 4 nitrogen and oxygen atoms in total. The van der Waals surface area contributed by atoms with Crippen LogP contribution in [0.5, 0.6) is 0 Å². The van der Waals surface area contributed by atoms with Crippen LogP contribution in [0.2, 0.25) is 5.02 Å². The van der Waals surface area contributed by atoms with Gasteiger partial charge in [0, 0.05) is 24.0 Å². The second-order valence-electron chi connectivity index (χ2n) is 8.68. The molecule has 2 aromatic rings. The molecule has 1 aliphatic carbocycles. The maximum Gasteiger partial charge on any atom is 0.243 e. The zero-order valence-corrected chi connectivity index (χ0v) is 19.8. The van der Waals surface area contributed by atoms with E-state index in [0.717, 1.165) is 37.7 Å². The molecule has 5 heteroatoms. The van der Waals surface area contributed by atoms with Crippen molar-refractivity contribution in [1.29, 1.82) is 0 Å². The summed E-state index contributed by atoms with van der Waals surface area (Å²) in [5.74, 6) is -0.00921. The molecule has 172 valence electrons. The number of carbonyl (C=O) groups excluding carboxylic acids is 2. The predicted molar refractivity (Wildman–Crippen MR) is 131 cm³/mol. The van der Waals surface area contributed by atoms with E-state index in [4.69, 9.17) is 11.6 Å². The Morgan fingerprint density at radius 3 is 2.38 bits per heavy atom. The van der Waals surface area contributed by atoms with Crippen LogP contribution in [-0.4, -0.2) is 35.3 Å². The summed E-state index contributed by atoms with van der Waals surface area (Å²) < 4.78 is 0. The first kappa shape index (κ1) is 24.3. The quantitative estimate of drug-likeness (QED) is 0.510. The van der Waals surface area contributed by atoms with E-state index in [9.17, 15) is 9.59 Å². The fourth-order valence-electron chi connectivity index (χ4n) is 4.53. The molecule has 0 aliphatic heterocycles. The maximum absolute atomic E-state index is 13.3. The normalized spacial score (nSPS) is 15.2. The van der Waals surface area contributed by atoms with E-state index in [-0.39, 0.29) is 17.9 Å². The molecule has 0 heterocycles. The minimum atomic E-state index is -0.445. The number of rotatable bonds is 10. The van der Waals surface area contributed by atoms with Gasteiger partial charge in [-0.2, -0.15) is 0 Å². The largest absolute Gasteiger partial charge is 0.352 e. The first-order chi connectivity index (χ1) is 15.6. The van der Waals surface area contributed by atoms with Crippen LogP contribution in [0, 0.1) is 0 Å². The molecular formula is C27H35ClN2O2. The third-order valence-electron chi connectivity index (χ3n) is 6.39. The van der Waals surface area contributed by atoms with Crippen molar-refractivity contribution in [2.24, 2.45) is 0 Å². The number of benzene rings is 2. The lowest BCUT2D eigenvalue weighted by atomic mass is 9.95. The van der Waals surface area contributed by atoms with Gasteiger partial charge in [0.2, 0.25) is 11.8 Å². The van der Waals surface area contributed by atoms with Crippen LogP contribution in [0.4, 0.5) is 0 Å². The number of halogens is 1. The highest BCUT2D eigenvalue weighted by molar-refractivity contribution is 6.31. The minimum Gasteiger partial charge on any atom is -0.352 e. The zero-order valence-electron chi connectivity index (χ0n) is 19.1. The molecule has 0 aromatic heterocycles. The van der Waals surface area contributed by atoms with Gasteiger partial charge in [-0.3, -0.25) is 9.59 Å². The van der Waals surface area contributed by atoms with Crippen molar-refractivity contribution < 1.29 is 9.59 Å². The summed E-state index contributed by atoms with van der Waals surface area (Å²) in [4.78, 5) is 28.3. The van der Waals surface area contributed by atoms with Crippen LogP contribution in [0.3, 0.4) is 0 Å². The summed E-state index contributed by atoms with van der Waals surface area (Å²) in [5.41, 5.74) is 2.13. The lowest BCUT2D eigenvalue weighted by Crippen LogP contribution is -2.52. The average Bonchev–Trinajstić information content (AvgIpc) is 2.82. The van der Waals surface area contributed by atoms with E-state index < -0.39 is 6.04 Å². The SMILES string of the molecule is CCC(C(=O)NC1CCCCC1)N(CCc1ccccc1)C(=O)CCc1ccccc1Cl. The molecule has 32 heavy (non-hydrogen) atoms. The Morgan fingerprint density at radius 1 is 1.00 bits per heavy atom. The van der Waals surface area contributed by atoms with E-state index in [1.165, 1.54) is 12.0 Å². The van der Waals surface area contributed by atoms with Gasteiger partial charge in [0.25, 0.3) is 0 Å². The molecule has 0 bridgehead atoms. The Labute approximate surface area is 197 Å². The monoisotopic (exact) mass is 454 g/mol. The summed E-state index contributed by atoms with van der Waals surface area (Å²) in [6.07, 6.45) is 7.88. The van der Waals surface area contributed by atoms with Crippen molar-refractivity contribution >= 4 is 23.4 Å². The summed E-state index contributed by atoms with van der Waals surface area (Å²) in [6, 6.07) is 17.6. The Bertz CT molecular complexity index is 865. The van der Waals surface area contributed by atoms with Crippen LogP contribution in [0.15, 0.2) is 54.6 Å². The van der Waals surface area contributed by atoms with Gasteiger partial charge in [-0.1, -0.05) is 86.3 Å². The van der Waals surface area contributed by atoms with Crippen molar-refractivity contribution in [3.63, 3.8) is 0 Å². The summed E-state index contributed by atoms with van der Waals surface area (Å²) >= 11 is 6.29. The lowest BCUT2D eigenvalue weighted by Gasteiger charge is -2.33. The molecular weight excluding hydrogens is 420 g/mol. The minimum absolute atomic E-state index is 0.00601. The molecule has 1 N–H and O–H groups in total. The first-order valence-corrected chi connectivity index (χ1v) is 12.3. The summed E-state index contributed by atoms with van der Waals surface area (Å²) in [7, 11) is 0. The maximum atomic E-state index is 13.3. The van der Waals surface area contributed by atoms with Crippen molar-refractivity contribution in [3.05, 3.63) is 70.7 Å². The number of carbonyl (C=O) groups is 2. The van der Waals surface area contributed by atoms with Crippen molar-refractivity contribution in [3.8, 4) is 0 Å². The third kappa shape index (κ3) is 7.09. The van der Waals surface area contributed by atoms with Crippen LogP contribution in [0.25, 0.3) is 0 Å². The zero-order chi connectivity index (χ0) is 22.8. The van der Waals surface area contributed by atoms with Gasteiger partial charge >= 0.3 is 0 Å². The number of nitrogens with one attached hydrogen (secondary N) is 1. The van der Waals surface area contributed by atoms with Crippen LogP contribution >= 0.6 is 11.6 Å². The van der Waals surface area contributed by atoms with E-state index in [2.05, 4.69) is 17.4 Å². The van der Waals surface area contributed by atoms with Gasteiger partial charge in [-0.25, -0.2) is 0 Å². The highest BCUT2D eigenvalue weighted by Crippen LogP contribution is 2.20. The van der Waals surface area contributed by atoms with Crippen LogP contribution in [-0.2, 0) is 22.4 Å². The standard InChI is InChI=1S/C27H35ClN2O2/c1-2-25(27(32)29-23-14-7-4-8-15-23)30(20-19-21-11-5-3-6-12-21)26(31)18-17-22-13-9-10-16-24(22)28/h3,5-6,9-13,16,23,25H,2,4,7-8,14-15,17-20H2,1H3,(H,29,32). The second kappa shape index (κ2) is 12.6. The third-order valence-corrected chi connectivity index (χ3v) is 6.76. The molecule has 0 radical (unpaired) electrons. The Kier molecular flexibility index (Phi) is 9.61. The Morgan fingerprint density at radius 2 is 1.69 bits per heavy atom. The van der Waals surface area contributed by atoms with Crippen molar-refractivity contribution in [1.82, 2.24) is 10.2 Å². The highest BCUT2D eigenvalue weighted by atomic mass is 35.5. The van der Waals surface area contributed by atoms with Crippen LogP contribution in [0.1, 0.15) is 63.0 Å². The van der Waals surface area contributed by atoms with Gasteiger partial charge in [0.05, 0.1) is 0 Å². The van der Waals surface area contributed by atoms with E-state index >= 15 is 0 Å². The lowest BCUT2D eigenvalue weighted by molar-refractivity contribution is -0.141. The Balaban J connectivity index is 1.70. The van der Waals surface area contributed by atoms with Crippen molar-refractivity contribution in [2.75, 3.05) is 6.54 Å². The fourth-order valence-corrected chi connectivity index (χ4v) is 4.76. The molecule has 3 rings (SSSR count). The molecule has 0 saturated heterocycles. The van der Waals surface area contributed by atoms with E-state index in [1.807, 2.05) is 49.4 Å². The van der Waals surface area contributed by atoms with Crippen LogP contribution < -0.4 is 5.32 Å². The molecule has 1 unspecified atom stereocenters. The second-order valence-corrected chi connectivity index (χ2v) is 9.09. The number of aryl methyl sites for hydroxylation is 1. The number of hydrogen-bond donors (Lipinski definition) is 1. The molecule has 1 saturated carbocycles. The smallest absolute Gasteiger partial charge is 0.243 e. The summed E-state index contributed by atoms with van der Waals surface area (Å²) in [5, 5.41) is 3.91. The fraction of sp³-hybridized carbons (Fsp3) is 0.481. The van der Waals surface area contributed by atoms with Gasteiger partial charge in [0.15, 0.2) is 0 Å². The topological polar surface area (TPSA) is 49.4 Å². The molecule has 0 spiro atoms. The molecule has 1 fully saturated rings. The summed E-state index contributed by atoms with van der Waals surface area (Å²) in [6.45, 7) is 2.52. The van der Waals surface area contributed by atoms with Gasteiger partial charge in [0.1, 0.15) is 6.04 Å².